The molecule has 1 aliphatic carbocycles. The second-order valence-electron chi connectivity index (χ2n) is 10.6. The average molecular weight is 511 g/mol. The summed E-state index contributed by atoms with van der Waals surface area (Å²) in [6.07, 6.45) is -2.24. The first kappa shape index (κ1) is 27.1. The summed E-state index contributed by atoms with van der Waals surface area (Å²) in [6, 6.07) is 18.5. The Morgan fingerprint density at radius 1 is 0.730 bits per heavy atom. The number of hydrogen-bond donors (Lipinski definition) is 0. The van der Waals surface area contributed by atoms with Crippen molar-refractivity contribution >= 4 is 0 Å². The molecule has 0 aliphatic heterocycles. The van der Waals surface area contributed by atoms with E-state index >= 15 is 0 Å². The van der Waals surface area contributed by atoms with Gasteiger partial charge in [0.15, 0.2) is 0 Å². The number of benzene rings is 3. The second kappa shape index (κ2) is 10.8. The van der Waals surface area contributed by atoms with Crippen LogP contribution >= 0.6 is 0 Å². The molecule has 0 N–H and O–H groups in total. The van der Waals surface area contributed by atoms with Crippen LogP contribution in [-0.2, 0) is 5.41 Å². The summed E-state index contributed by atoms with van der Waals surface area (Å²) in [5.41, 5.74) is 2.76. The largest absolute Gasteiger partial charge is 0.490 e. The average Bonchev–Trinajstić information content (AvgIpc) is 2.84. The normalized spacial score (nSPS) is 19.8. The molecule has 5 heteroatoms. The molecule has 4 rings (SSSR count). The highest BCUT2D eigenvalue weighted by Gasteiger charge is 2.59. The molecule has 2 nitrogen and oxygen atoms in total. The van der Waals surface area contributed by atoms with Crippen LogP contribution in [0.25, 0.3) is 0 Å². The molecule has 1 fully saturated rings. The first-order chi connectivity index (χ1) is 17.5. The lowest BCUT2D eigenvalue weighted by atomic mass is 9.62. The minimum Gasteiger partial charge on any atom is -0.490 e. The van der Waals surface area contributed by atoms with Crippen molar-refractivity contribution in [1.82, 2.24) is 0 Å². The van der Waals surface area contributed by atoms with E-state index in [-0.39, 0.29) is 12.5 Å². The van der Waals surface area contributed by atoms with Crippen LogP contribution in [0.4, 0.5) is 13.2 Å². The van der Waals surface area contributed by atoms with Gasteiger partial charge < -0.3 is 9.47 Å². The van der Waals surface area contributed by atoms with Crippen molar-refractivity contribution in [3.8, 4) is 17.2 Å². The van der Waals surface area contributed by atoms with Gasteiger partial charge in [0.1, 0.15) is 17.2 Å². The van der Waals surface area contributed by atoms with E-state index in [1.807, 2.05) is 58.0 Å². The zero-order chi connectivity index (χ0) is 26.8. The smallest absolute Gasteiger partial charge is 0.398 e. The minimum atomic E-state index is -4.36. The summed E-state index contributed by atoms with van der Waals surface area (Å²) in [7, 11) is 0. The van der Waals surface area contributed by atoms with Gasteiger partial charge in [0.25, 0.3) is 0 Å². The highest BCUT2D eigenvalue weighted by molar-refractivity contribution is 5.41. The maximum Gasteiger partial charge on any atom is 0.398 e. The molecule has 0 amide bonds. The molecular weight excluding hydrogens is 473 g/mol. The number of hydrogen-bond acceptors (Lipinski definition) is 2. The third kappa shape index (κ3) is 5.66. The standard InChI is InChI=1S/C32H37F3O2/c1-6-31(32(33,34)35,25-9-13-27(14-10-25)36-29-17-7-21(2)19-23(29)4)26-11-15-28(16-12-26)37-30-18-8-22(3)20-24(30)5/h7-10,13-14,17-20,26,28H,6,11-12,15-16H2,1-5H3. The third-order valence-corrected chi connectivity index (χ3v) is 7.99. The number of alkyl halides is 3. The molecule has 1 atom stereocenters. The van der Waals surface area contributed by atoms with E-state index < -0.39 is 17.5 Å². The van der Waals surface area contributed by atoms with Gasteiger partial charge >= 0.3 is 6.18 Å². The van der Waals surface area contributed by atoms with Crippen LogP contribution in [0, 0.1) is 33.6 Å². The van der Waals surface area contributed by atoms with Crippen molar-refractivity contribution in [2.45, 2.75) is 84.4 Å². The molecule has 37 heavy (non-hydrogen) atoms. The summed E-state index contributed by atoms with van der Waals surface area (Å²) in [5.74, 6) is 1.57. The Labute approximate surface area is 218 Å². The van der Waals surface area contributed by atoms with Gasteiger partial charge in [0, 0.05) is 0 Å². The highest BCUT2D eigenvalue weighted by atomic mass is 19.4. The molecule has 198 valence electrons. The van der Waals surface area contributed by atoms with E-state index in [9.17, 15) is 13.2 Å². The Balaban J connectivity index is 1.52. The van der Waals surface area contributed by atoms with Gasteiger partial charge in [-0.15, -0.1) is 0 Å². The topological polar surface area (TPSA) is 18.5 Å². The molecule has 1 aliphatic rings. The lowest BCUT2D eigenvalue weighted by Gasteiger charge is -2.45. The lowest BCUT2D eigenvalue weighted by molar-refractivity contribution is -0.212. The second-order valence-corrected chi connectivity index (χ2v) is 10.6. The summed E-state index contributed by atoms with van der Waals surface area (Å²) >= 11 is 0. The SMILES string of the molecule is CCC(c1ccc(Oc2ccc(C)cc2C)cc1)(C1CCC(Oc2ccc(C)cc2C)CC1)C(F)(F)F. The van der Waals surface area contributed by atoms with E-state index in [1.54, 1.807) is 31.2 Å². The van der Waals surface area contributed by atoms with Crippen molar-refractivity contribution in [2.24, 2.45) is 5.92 Å². The number of rotatable bonds is 7. The Morgan fingerprint density at radius 3 is 1.76 bits per heavy atom. The quantitative estimate of drug-likeness (QED) is 0.315. The van der Waals surface area contributed by atoms with Gasteiger partial charge in [0.05, 0.1) is 11.5 Å². The molecule has 0 spiro atoms. The van der Waals surface area contributed by atoms with Gasteiger partial charge in [-0.1, -0.05) is 54.4 Å². The minimum absolute atomic E-state index is 0.00103. The fraction of sp³-hybridized carbons (Fsp3) is 0.438. The maximum atomic E-state index is 14.9. The molecule has 0 aromatic heterocycles. The molecule has 0 saturated heterocycles. The van der Waals surface area contributed by atoms with E-state index in [0.717, 1.165) is 28.0 Å². The summed E-state index contributed by atoms with van der Waals surface area (Å²) in [4.78, 5) is 0. The predicted molar refractivity (Wildman–Crippen MR) is 143 cm³/mol. The van der Waals surface area contributed by atoms with Crippen LogP contribution in [0.15, 0.2) is 60.7 Å². The molecular formula is C32H37F3O2. The van der Waals surface area contributed by atoms with Crippen molar-refractivity contribution in [3.05, 3.63) is 88.5 Å². The van der Waals surface area contributed by atoms with Gasteiger partial charge in [-0.3, -0.25) is 0 Å². The Bertz CT molecular complexity index is 1210. The molecule has 3 aromatic carbocycles. The predicted octanol–water partition coefficient (Wildman–Crippen LogP) is 9.56. The number of ether oxygens (including phenoxy) is 2. The fourth-order valence-electron chi connectivity index (χ4n) is 5.97. The molecule has 0 heterocycles. The van der Waals surface area contributed by atoms with E-state index in [2.05, 4.69) is 6.07 Å². The summed E-state index contributed by atoms with van der Waals surface area (Å²) in [5, 5.41) is 0. The maximum absolute atomic E-state index is 14.9. The van der Waals surface area contributed by atoms with Crippen molar-refractivity contribution < 1.29 is 22.6 Å². The van der Waals surface area contributed by atoms with Crippen LogP contribution in [-0.4, -0.2) is 12.3 Å². The van der Waals surface area contributed by atoms with Gasteiger partial charge in [-0.05, 0) is 107 Å². The summed E-state index contributed by atoms with van der Waals surface area (Å²) in [6.45, 7) is 9.67. The molecule has 1 unspecified atom stereocenters. The molecule has 3 aromatic rings. The van der Waals surface area contributed by atoms with Crippen LogP contribution < -0.4 is 9.47 Å². The zero-order valence-corrected chi connectivity index (χ0v) is 22.4. The van der Waals surface area contributed by atoms with Crippen LogP contribution in [0.3, 0.4) is 0 Å². The number of aryl methyl sites for hydroxylation is 4. The third-order valence-electron chi connectivity index (χ3n) is 7.99. The first-order valence-electron chi connectivity index (χ1n) is 13.2. The summed E-state index contributed by atoms with van der Waals surface area (Å²) < 4.78 is 56.8. The molecule has 0 bridgehead atoms. The first-order valence-corrected chi connectivity index (χ1v) is 13.2. The molecule has 0 radical (unpaired) electrons. The fourth-order valence-corrected chi connectivity index (χ4v) is 5.97. The van der Waals surface area contributed by atoms with Gasteiger partial charge in [-0.25, -0.2) is 0 Å². The van der Waals surface area contributed by atoms with Crippen molar-refractivity contribution in [2.75, 3.05) is 0 Å². The van der Waals surface area contributed by atoms with Crippen molar-refractivity contribution in [1.29, 1.82) is 0 Å². The van der Waals surface area contributed by atoms with Gasteiger partial charge in [0.2, 0.25) is 0 Å². The van der Waals surface area contributed by atoms with Crippen molar-refractivity contribution in [3.63, 3.8) is 0 Å². The van der Waals surface area contributed by atoms with E-state index in [1.165, 1.54) is 0 Å². The van der Waals surface area contributed by atoms with E-state index in [0.29, 0.717) is 42.7 Å². The Morgan fingerprint density at radius 2 is 1.27 bits per heavy atom. The van der Waals surface area contributed by atoms with Crippen LogP contribution in [0.2, 0.25) is 0 Å². The van der Waals surface area contributed by atoms with E-state index in [4.69, 9.17) is 9.47 Å². The molecule has 1 saturated carbocycles. The van der Waals surface area contributed by atoms with Gasteiger partial charge in [-0.2, -0.15) is 13.2 Å². The Hall–Kier alpha value is -2.95. The monoisotopic (exact) mass is 510 g/mol. The lowest BCUT2D eigenvalue weighted by Crippen LogP contribution is -2.49. The van der Waals surface area contributed by atoms with Crippen LogP contribution in [0.1, 0.15) is 66.8 Å². The number of halogens is 3. The highest BCUT2D eigenvalue weighted by Crippen LogP contribution is 2.53. The van der Waals surface area contributed by atoms with Crippen LogP contribution in [0.5, 0.6) is 17.2 Å². The zero-order valence-electron chi connectivity index (χ0n) is 22.4. The Kier molecular flexibility index (Phi) is 7.91.